The molecule has 0 aromatic carbocycles. The Morgan fingerprint density at radius 2 is 2.26 bits per heavy atom. The molecule has 7 N–H and O–H groups in total. The quantitative estimate of drug-likeness (QED) is 0.391. The van der Waals surface area contributed by atoms with Gasteiger partial charge in [0.2, 0.25) is 5.91 Å². The fourth-order valence-corrected chi connectivity index (χ4v) is 1.58. The number of amides is 1. The smallest absolute Gasteiger partial charge is 0.326 e. The SMILES string of the molecule is NCCC[C@H](NC(=O)[C@@H](N)Cc1cnc[nH]1)C(=O)O. The van der Waals surface area contributed by atoms with Gasteiger partial charge in [-0.3, -0.25) is 4.79 Å². The van der Waals surface area contributed by atoms with Gasteiger partial charge < -0.3 is 26.9 Å². The standard InChI is InChI=1S/C11H19N5O3/c12-3-1-2-9(11(18)19)16-10(17)8(13)4-7-5-14-6-15-7/h5-6,8-9H,1-4,12-13H2,(H,14,15)(H,16,17)(H,18,19)/t8-,9-/m0/s1. The van der Waals surface area contributed by atoms with Gasteiger partial charge in [0.05, 0.1) is 12.4 Å². The second-order valence-electron chi connectivity index (χ2n) is 4.22. The van der Waals surface area contributed by atoms with Crippen molar-refractivity contribution in [2.24, 2.45) is 11.5 Å². The molecule has 8 nitrogen and oxygen atoms in total. The summed E-state index contributed by atoms with van der Waals surface area (Å²) >= 11 is 0. The Bertz CT molecular complexity index is 406. The molecule has 19 heavy (non-hydrogen) atoms. The molecule has 0 fully saturated rings. The number of aromatic amines is 1. The zero-order valence-corrected chi connectivity index (χ0v) is 10.5. The van der Waals surface area contributed by atoms with E-state index in [1.54, 1.807) is 6.20 Å². The summed E-state index contributed by atoms with van der Waals surface area (Å²) in [6, 6.07) is -1.77. The molecule has 106 valence electrons. The maximum absolute atomic E-state index is 11.8. The Morgan fingerprint density at radius 1 is 1.53 bits per heavy atom. The zero-order valence-electron chi connectivity index (χ0n) is 10.5. The summed E-state index contributed by atoms with van der Waals surface area (Å²) in [6.45, 7) is 0.375. The van der Waals surface area contributed by atoms with E-state index >= 15 is 0 Å². The van der Waals surface area contributed by atoms with Crippen LogP contribution in [0.2, 0.25) is 0 Å². The average molecular weight is 269 g/mol. The molecule has 0 spiro atoms. The third-order valence-electron chi connectivity index (χ3n) is 2.64. The zero-order chi connectivity index (χ0) is 14.3. The van der Waals surface area contributed by atoms with Crippen molar-refractivity contribution >= 4 is 11.9 Å². The van der Waals surface area contributed by atoms with Crippen molar-refractivity contribution < 1.29 is 14.7 Å². The van der Waals surface area contributed by atoms with E-state index in [-0.39, 0.29) is 12.8 Å². The number of hydrogen-bond donors (Lipinski definition) is 5. The molecule has 1 rings (SSSR count). The number of hydrogen-bond acceptors (Lipinski definition) is 5. The second kappa shape index (κ2) is 7.49. The highest BCUT2D eigenvalue weighted by Crippen LogP contribution is 2.00. The lowest BCUT2D eigenvalue weighted by Crippen LogP contribution is -2.49. The van der Waals surface area contributed by atoms with E-state index < -0.39 is 24.0 Å². The Labute approximate surface area is 110 Å². The molecule has 0 unspecified atom stereocenters. The number of carbonyl (C=O) groups excluding carboxylic acids is 1. The van der Waals surface area contributed by atoms with Gasteiger partial charge in [-0.15, -0.1) is 0 Å². The molecule has 0 aliphatic carbocycles. The normalized spacial score (nSPS) is 13.8. The molecule has 0 radical (unpaired) electrons. The molecule has 0 bridgehead atoms. The number of H-pyrrole nitrogens is 1. The minimum Gasteiger partial charge on any atom is -0.480 e. The van der Waals surface area contributed by atoms with Gasteiger partial charge in [-0.2, -0.15) is 0 Å². The number of nitrogens with zero attached hydrogens (tertiary/aromatic N) is 1. The lowest BCUT2D eigenvalue weighted by Gasteiger charge is -2.17. The highest BCUT2D eigenvalue weighted by Gasteiger charge is 2.23. The van der Waals surface area contributed by atoms with Crippen LogP contribution >= 0.6 is 0 Å². The molecule has 1 aromatic heterocycles. The van der Waals surface area contributed by atoms with Gasteiger partial charge in [0.25, 0.3) is 0 Å². The first-order valence-corrected chi connectivity index (χ1v) is 6.00. The number of carboxylic acid groups (broad SMARTS) is 1. The van der Waals surface area contributed by atoms with Crippen molar-refractivity contribution in [2.75, 3.05) is 6.54 Å². The van der Waals surface area contributed by atoms with Crippen LogP contribution in [0.3, 0.4) is 0 Å². The molecule has 0 saturated carbocycles. The molecule has 0 aliphatic rings. The second-order valence-corrected chi connectivity index (χ2v) is 4.22. The molecule has 0 saturated heterocycles. The number of rotatable bonds is 8. The lowest BCUT2D eigenvalue weighted by molar-refractivity contribution is -0.142. The van der Waals surface area contributed by atoms with Crippen molar-refractivity contribution in [3.05, 3.63) is 18.2 Å². The van der Waals surface area contributed by atoms with Gasteiger partial charge in [-0.25, -0.2) is 9.78 Å². The first-order valence-electron chi connectivity index (χ1n) is 6.00. The van der Waals surface area contributed by atoms with Crippen LogP contribution in [0.1, 0.15) is 18.5 Å². The summed E-state index contributed by atoms with van der Waals surface area (Å²) in [5.74, 6) is -1.59. The van der Waals surface area contributed by atoms with Gasteiger partial charge in [-0.1, -0.05) is 0 Å². The largest absolute Gasteiger partial charge is 0.480 e. The van der Waals surface area contributed by atoms with Crippen molar-refractivity contribution in [2.45, 2.75) is 31.3 Å². The van der Waals surface area contributed by atoms with E-state index in [2.05, 4.69) is 15.3 Å². The monoisotopic (exact) mass is 269 g/mol. The predicted molar refractivity (Wildman–Crippen MR) is 68.1 cm³/mol. The predicted octanol–water partition coefficient (Wildman–Crippen LogP) is -1.41. The summed E-state index contributed by atoms with van der Waals surface area (Å²) < 4.78 is 0. The Morgan fingerprint density at radius 3 is 2.79 bits per heavy atom. The fraction of sp³-hybridized carbons (Fsp3) is 0.545. The number of aliphatic carboxylic acids is 1. The summed E-state index contributed by atoms with van der Waals surface area (Å²) in [5, 5.41) is 11.4. The van der Waals surface area contributed by atoms with E-state index in [0.717, 1.165) is 5.69 Å². The summed E-state index contributed by atoms with van der Waals surface area (Å²) in [7, 11) is 0. The minimum absolute atomic E-state index is 0.273. The minimum atomic E-state index is -1.09. The van der Waals surface area contributed by atoms with Crippen LogP contribution in [0.15, 0.2) is 12.5 Å². The summed E-state index contributed by atoms with van der Waals surface area (Å²) in [4.78, 5) is 29.4. The number of nitrogens with one attached hydrogen (secondary N) is 2. The number of carbonyl (C=O) groups is 2. The third-order valence-corrected chi connectivity index (χ3v) is 2.64. The maximum atomic E-state index is 11.8. The topological polar surface area (TPSA) is 147 Å². The van der Waals surface area contributed by atoms with Crippen LogP contribution in [-0.2, 0) is 16.0 Å². The van der Waals surface area contributed by atoms with E-state index in [0.29, 0.717) is 13.0 Å². The highest BCUT2D eigenvalue weighted by molar-refractivity contribution is 5.86. The maximum Gasteiger partial charge on any atom is 0.326 e. The fourth-order valence-electron chi connectivity index (χ4n) is 1.58. The average Bonchev–Trinajstić information content (AvgIpc) is 2.86. The van der Waals surface area contributed by atoms with Gasteiger partial charge in [0.1, 0.15) is 6.04 Å². The lowest BCUT2D eigenvalue weighted by atomic mass is 10.1. The van der Waals surface area contributed by atoms with Crippen LogP contribution in [0.25, 0.3) is 0 Å². The Balaban J connectivity index is 2.48. The molecule has 0 aliphatic heterocycles. The van der Waals surface area contributed by atoms with E-state index in [1.807, 2.05) is 0 Å². The molecule has 2 atom stereocenters. The molecule has 1 amide bonds. The van der Waals surface area contributed by atoms with Gasteiger partial charge in [0, 0.05) is 18.3 Å². The summed E-state index contributed by atoms with van der Waals surface area (Å²) in [6.07, 6.45) is 4.13. The van der Waals surface area contributed by atoms with E-state index in [9.17, 15) is 9.59 Å². The van der Waals surface area contributed by atoms with Gasteiger partial charge in [0.15, 0.2) is 0 Å². The molecular weight excluding hydrogens is 250 g/mol. The van der Waals surface area contributed by atoms with Crippen LogP contribution in [0.5, 0.6) is 0 Å². The van der Waals surface area contributed by atoms with Crippen LogP contribution in [0, 0.1) is 0 Å². The summed E-state index contributed by atoms with van der Waals surface area (Å²) in [5.41, 5.74) is 11.7. The van der Waals surface area contributed by atoms with Gasteiger partial charge >= 0.3 is 5.97 Å². The number of carboxylic acids is 1. The van der Waals surface area contributed by atoms with Crippen molar-refractivity contribution in [1.82, 2.24) is 15.3 Å². The molecule has 1 aromatic rings. The molecular formula is C11H19N5O3. The van der Waals surface area contributed by atoms with Crippen LogP contribution in [-0.4, -0.2) is 45.6 Å². The van der Waals surface area contributed by atoms with Gasteiger partial charge in [-0.05, 0) is 19.4 Å². The van der Waals surface area contributed by atoms with Crippen molar-refractivity contribution in [3.8, 4) is 0 Å². The molecule has 1 heterocycles. The van der Waals surface area contributed by atoms with Crippen molar-refractivity contribution in [3.63, 3.8) is 0 Å². The highest BCUT2D eigenvalue weighted by atomic mass is 16.4. The number of nitrogens with two attached hydrogens (primary N) is 2. The van der Waals surface area contributed by atoms with E-state index in [4.69, 9.17) is 16.6 Å². The first kappa shape index (κ1) is 15.1. The van der Waals surface area contributed by atoms with E-state index in [1.165, 1.54) is 6.33 Å². The van der Waals surface area contributed by atoms with Crippen LogP contribution < -0.4 is 16.8 Å². The Hall–Kier alpha value is -1.93. The molecule has 8 heteroatoms. The number of aromatic nitrogens is 2. The third kappa shape index (κ3) is 5.06. The first-order chi connectivity index (χ1) is 9.04. The van der Waals surface area contributed by atoms with Crippen molar-refractivity contribution in [1.29, 1.82) is 0 Å². The number of imidazole rings is 1. The van der Waals surface area contributed by atoms with Crippen LogP contribution in [0.4, 0.5) is 0 Å². The Kier molecular flexibility index (Phi) is 5.97.